The zero-order valence-corrected chi connectivity index (χ0v) is 14.3. The first-order valence-corrected chi connectivity index (χ1v) is 8.76. The summed E-state index contributed by atoms with van der Waals surface area (Å²) in [4.78, 5) is 21.0. The van der Waals surface area contributed by atoms with Crippen LogP contribution in [0.2, 0.25) is 0 Å². The topological polar surface area (TPSA) is 71.7 Å². The Morgan fingerprint density at radius 2 is 2.14 bits per heavy atom. The second kappa shape index (κ2) is 8.57. The van der Waals surface area contributed by atoms with Gasteiger partial charge in [0.1, 0.15) is 5.69 Å². The SMILES string of the molecule is CC(C)OCCN1CCN(C(=O)c2csc(CCN)n2)CC1. The van der Waals surface area contributed by atoms with Crippen LogP contribution in [0.15, 0.2) is 5.38 Å². The van der Waals surface area contributed by atoms with E-state index >= 15 is 0 Å². The van der Waals surface area contributed by atoms with Crippen LogP contribution in [-0.2, 0) is 11.2 Å². The van der Waals surface area contributed by atoms with Crippen LogP contribution in [0.4, 0.5) is 0 Å². The number of carbonyl (C=O) groups is 1. The summed E-state index contributed by atoms with van der Waals surface area (Å²) in [6, 6.07) is 0. The molecule has 1 aliphatic rings. The van der Waals surface area contributed by atoms with Crippen molar-refractivity contribution in [1.82, 2.24) is 14.8 Å². The molecule has 124 valence electrons. The van der Waals surface area contributed by atoms with Gasteiger partial charge in [-0.3, -0.25) is 9.69 Å². The van der Waals surface area contributed by atoms with Crippen LogP contribution >= 0.6 is 11.3 Å². The molecule has 0 aromatic carbocycles. The molecule has 1 fully saturated rings. The fourth-order valence-corrected chi connectivity index (χ4v) is 3.19. The van der Waals surface area contributed by atoms with Crippen LogP contribution < -0.4 is 5.73 Å². The van der Waals surface area contributed by atoms with Crippen LogP contribution in [0, 0.1) is 0 Å². The predicted molar refractivity (Wildman–Crippen MR) is 88.3 cm³/mol. The van der Waals surface area contributed by atoms with Gasteiger partial charge in [-0.2, -0.15) is 0 Å². The lowest BCUT2D eigenvalue weighted by molar-refractivity contribution is 0.0405. The van der Waals surface area contributed by atoms with E-state index in [4.69, 9.17) is 10.5 Å². The highest BCUT2D eigenvalue weighted by atomic mass is 32.1. The van der Waals surface area contributed by atoms with E-state index in [1.165, 1.54) is 11.3 Å². The largest absolute Gasteiger partial charge is 0.377 e. The van der Waals surface area contributed by atoms with Crippen LogP contribution in [0.5, 0.6) is 0 Å². The number of hydrogen-bond acceptors (Lipinski definition) is 6. The Labute approximate surface area is 136 Å². The second-order valence-corrected chi connectivity index (χ2v) is 6.66. The molecule has 6 nitrogen and oxygen atoms in total. The molecule has 0 atom stereocenters. The molecule has 0 radical (unpaired) electrons. The van der Waals surface area contributed by atoms with Gasteiger partial charge in [-0.1, -0.05) is 0 Å². The molecule has 1 aromatic heterocycles. The van der Waals surface area contributed by atoms with Crippen molar-refractivity contribution in [3.8, 4) is 0 Å². The molecule has 22 heavy (non-hydrogen) atoms. The number of thiazole rings is 1. The van der Waals surface area contributed by atoms with Crippen molar-refractivity contribution in [3.05, 3.63) is 16.1 Å². The van der Waals surface area contributed by atoms with E-state index < -0.39 is 0 Å². The average Bonchev–Trinajstić information content (AvgIpc) is 2.96. The molecule has 2 heterocycles. The van der Waals surface area contributed by atoms with Gasteiger partial charge in [-0.15, -0.1) is 11.3 Å². The molecule has 0 saturated carbocycles. The van der Waals surface area contributed by atoms with E-state index in [9.17, 15) is 4.79 Å². The predicted octanol–water partition coefficient (Wildman–Crippen LogP) is 0.827. The summed E-state index contributed by atoms with van der Waals surface area (Å²) in [5, 5.41) is 2.78. The number of aromatic nitrogens is 1. The summed E-state index contributed by atoms with van der Waals surface area (Å²) in [6.45, 7) is 9.64. The van der Waals surface area contributed by atoms with Crippen molar-refractivity contribution in [2.45, 2.75) is 26.4 Å². The Morgan fingerprint density at radius 1 is 1.41 bits per heavy atom. The minimum atomic E-state index is 0.0394. The first-order valence-electron chi connectivity index (χ1n) is 7.88. The first-order chi connectivity index (χ1) is 10.6. The fourth-order valence-electron chi connectivity index (χ4n) is 2.40. The van der Waals surface area contributed by atoms with Crippen molar-refractivity contribution < 1.29 is 9.53 Å². The van der Waals surface area contributed by atoms with Crippen LogP contribution in [-0.4, -0.2) is 72.7 Å². The molecule has 1 amide bonds. The normalized spacial score (nSPS) is 16.5. The lowest BCUT2D eigenvalue weighted by atomic mass is 10.3. The standard InChI is InChI=1S/C15H26N4O2S/c1-12(2)21-10-9-18-5-7-19(8-6-18)15(20)13-11-22-14(17-13)3-4-16/h11-12H,3-10,16H2,1-2H3. The molecule has 7 heteroatoms. The Bertz CT molecular complexity index is 470. The van der Waals surface area contributed by atoms with Gasteiger partial charge >= 0.3 is 0 Å². The molecule has 0 spiro atoms. The molecule has 1 aromatic rings. The van der Waals surface area contributed by atoms with E-state index in [0.29, 0.717) is 12.2 Å². The van der Waals surface area contributed by atoms with Crippen LogP contribution in [0.1, 0.15) is 29.3 Å². The maximum absolute atomic E-state index is 12.4. The molecule has 1 aliphatic heterocycles. The fraction of sp³-hybridized carbons (Fsp3) is 0.733. The third kappa shape index (κ3) is 5.01. The summed E-state index contributed by atoms with van der Waals surface area (Å²) < 4.78 is 5.57. The highest BCUT2D eigenvalue weighted by Gasteiger charge is 2.23. The second-order valence-electron chi connectivity index (χ2n) is 5.72. The zero-order valence-electron chi connectivity index (χ0n) is 13.5. The summed E-state index contributed by atoms with van der Waals surface area (Å²) in [5.74, 6) is 0.0394. The number of ether oxygens (including phenoxy) is 1. The molecule has 2 N–H and O–H groups in total. The molecule has 0 bridgehead atoms. The summed E-state index contributed by atoms with van der Waals surface area (Å²) >= 11 is 1.52. The molecular weight excluding hydrogens is 300 g/mol. The van der Waals surface area contributed by atoms with Gasteiger partial charge in [0, 0.05) is 44.5 Å². The number of carbonyl (C=O) groups excluding carboxylic acids is 1. The van der Waals surface area contributed by atoms with E-state index in [1.54, 1.807) is 0 Å². The Hall–Kier alpha value is -1.02. The smallest absolute Gasteiger partial charge is 0.273 e. The van der Waals surface area contributed by atoms with Gasteiger partial charge in [0.25, 0.3) is 5.91 Å². The van der Waals surface area contributed by atoms with E-state index in [-0.39, 0.29) is 12.0 Å². The van der Waals surface area contributed by atoms with Gasteiger partial charge in [0.05, 0.1) is 17.7 Å². The number of amides is 1. The number of piperazine rings is 1. The minimum absolute atomic E-state index is 0.0394. The molecule has 0 aliphatic carbocycles. The van der Waals surface area contributed by atoms with Gasteiger partial charge in [-0.05, 0) is 20.4 Å². The Balaban J connectivity index is 1.76. The highest BCUT2D eigenvalue weighted by Crippen LogP contribution is 2.13. The van der Waals surface area contributed by atoms with Gasteiger partial charge in [-0.25, -0.2) is 4.98 Å². The molecule has 1 saturated heterocycles. The van der Waals surface area contributed by atoms with Crippen LogP contribution in [0.3, 0.4) is 0 Å². The quantitative estimate of drug-likeness (QED) is 0.803. The molecule has 0 unspecified atom stereocenters. The van der Waals surface area contributed by atoms with Gasteiger partial charge < -0.3 is 15.4 Å². The monoisotopic (exact) mass is 326 g/mol. The third-order valence-electron chi connectivity index (χ3n) is 3.65. The van der Waals surface area contributed by atoms with Crippen molar-refractivity contribution in [3.63, 3.8) is 0 Å². The third-order valence-corrected chi connectivity index (χ3v) is 4.56. The van der Waals surface area contributed by atoms with Gasteiger partial charge in [0.15, 0.2) is 0 Å². The lowest BCUT2D eigenvalue weighted by Crippen LogP contribution is -2.49. The Kier molecular flexibility index (Phi) is 6.75. The molecular formula is C15H26N4O2S. The summed E-state index contributed by atoms with van der Waals surface area (Å²) in [6.07, 6.45) is 1.01. The first kappa shape index (κ1) is 17.3. The zero-order chi connectivity index (χ0) is 15.9. The van der Waals surface area contributed by atoms with Gasteiger partial charge in [0.2, 0.25) is 0 Å². The number of hydrogen-bond donors (Lipinski definition) is 1. The minimum Gasteiger partial charge on any atom is -0.377 e. The maximum Gasteiger partial charge on any atom is 0.273 e. The van der Waals surface area contributed by atoms with Crippen molar-refractivity contribution in [2.24, 2.45) is 5.73 Å². The maximum atomic E-state index is 12.4. The van der Waals surface area contributed by atoms with E-state index in [2.05, 4.69) is 9.88 Å². The molecule has 2 rings (SSSR count). The number of nitrogens with two attached hydrogens (primary N) is 1. The Morgan fingerprint density at radius 3 is 2.77 bits per heavy atom. The van der Waals surface area contributed by atoms with E-state index in [1.807, 2.05) is 24.1 Å². The lowest BCUT2D eigenvalue weighted by Gasteiger charge is -2.34. The highest BCUT2D eigenvalue weighted by molar-refractivity contribution is 7.09. The average molecular weight is 326 g/mol. The van der Waals surface area contributed by atoms with E-state index in [0.717, 1.165) is 50.8 Å². The number of nitrogens with zero attached hydrogens (tertiary/aromatic N) is 3. The van der Waals surface area contributed by atoms with Crippen molar-refractivity contribution in [2.75, 3.05) is 45.9 Å². The van der Waals surface area contributed by atoms with Crippen molar-refractivity contribution >= 4 is 17.2 Å². The summed E-state index contributed by atoms with van der Waals surface area (Å²) in [7, 11) is 0. The number of rotatable bonds is 7. The van der Waals surface area contributed by atoms with Crippen LogP contribution in [0.25, 0.3) is 0 Å². The van der Waals surface area contributed by atoms with Crippen molar-refractivity contribution in [1.29, 1.82) is 0 Å². The summed E-state index contributed by atoms with van der Waals surface area (Å²) in [5.41, 5.74) is 6.08.